The van der Waals surface area contributed by atoms with Crippen molar-refractivity contribution in [2.45, 2.75) is 0 Å². The third-order valence-electron chi connectivity index (χ3n) is 2.61. The van der Waals surface area contributed by atoms with E-state index in [1.54, 1.807) is 0 Å². The molecule has 2 rings (SSSR count). The molecule has 0 aromatic heterocycles. The fraction of sp³-hybridized carbons (Fsp3) is 0. The Labute approximate surface area is 127 Å². The lowest BCUT2D eigenvalue weighted by atomic mass is 9.87. The van der Waals surface area contributed by atoms with Gasteiger partial charge in [0, 0.05) is 11.5 Å². The van der Waals surface area contributed by atoms with E-state index in [0.29, 0.717) is 0 Å². The van der Waals surface area contributed by atoms with Gasteiger partial charge in [0.15, 0.2) is 46.5 Å². The molecule has 0 unspecified atom stereocenters. The lowest BCUT2D eigenvalue weighted by Crippen LogP contribution is -2.30. The number of rotatable bonds is 4. The molecule has 127 valence electrons. The fourth-order valence-electron chi connectivity index (χ4n) is 1.47. The van der Waals surface area contributed by atoms with Gasteiger partial charge in [0.25, 0.3) is 0 Å². The first-order valence-electron chi connectivity index (χ1n) is 5.67. The van der Waals surface area contributed by atoms with E-state index < -0.39 is 63.6 Å². The molecule has 0 amide bonds. The van der Waals surface area contributed by atoms with E-state index in [2.05, 4.69) is 9.69 Å². The van der Waals surface area contributed by atoms with Gasteiger partial charge in [0.2, 0.25) is 11.6 Å². The zero-order chi connectivity index (χ0) is 18.2. The van der Waals surface area contributed by atoms with Crippen LogP contribution in [0.2, 0.25) is 0 Å². The highest BCUT2D eigenvalue weighted by molar-refractivity contribution is 6.46. The molecule has 2 nitrogen and oxygen atoms in total. The first kappa shape index (κ1) is 18.0. The second kappa shape index (κ2) is 6.63. The van der Waals surface area contributed by atoms with Crippen LogP contribution in [0.1, 0.15) is 0 Å². The first-order valence-corrected chi connectivity index (χ1v) is 5.67. The van der Waals surface area contributed by atoms with Crippen LogP contribution < -0.4 is 10.4 Å². The molecule has 0 atom stereocenters. The Bertz CT molecular complexity index is 783. The molecule has 0 saturated heterocycles. The molecule has 0 saturated carbocycles. The van der Waals surface area contributed by atoms with E-state index in [4.69, 9.17) is 0 Å². The Morgan fingerprint density at radius 1 is 0.583 bits per heavy atom. The highest BCUT2D eigenvalue weighted by Gasteiger charge is 2.28. The van der Waals surface area contributed by atoms with Gasteiger partial charge in [0.1, 0.15) is 0 Å². The molecule has 2 aromatic carbocycles. The van der Waals surface area contributed by atoms with Crippen molar-refractivity contribution in [2.75, 3.05) is 0 Å². The third-order valence-corrected chi connectivity index (χ3v) is 2.61. The Hall–Kier alpha value is -2.37. The molecule has 0 N–H and O–H groups in total. The van der Waals surface area contributed by atoms with Crippen LogP contribution in [-0.2, 0) is 4.81 Å². The maximum absolute atomic E-state index is 13.3. The average Bonchev–Trinajstić information content (AvgIpc) is 2.55. The van der Waals surface area contributed by atoms with E-state index in [9.17, 15) is 39.5 Å². The maximum Gasteiger partial charge on any atom is 0.405 e. The minimum Gasteiger partial charge on any atom is -0.348 e. The molecule has 0 aliphatic rings. The summed E-state index contributed by atoms with van der Waals surface area (Å²) in [7, 11) is -0.212. The van der Waals surface area contributed by atoms with Crippen molar-refractivity contribution in [1.82, 2.24) is 0 Å². The number of hydrogen-bond donors (Lipinski definition) is 0. The highest BCUT2D eigenvalue weighted by atomic mass is 19.2. The predicted molar refractivity (Wildman–Crippen MR) is 59.6 cm³/mol. The van der Waals surface area contributed by atoms with Gasteiger partial charge in [-0.05, 0) is 0 Å². The Morgan fingerprint density at radius 3 is 1.62 bits per heavy atom. The predicted octanol–water partition coefficient (Wildman–Crippen LogP) is 3.19. The second-order valence-corrected chi connectivity index (χ2v) is 4.08. The van der Waals surface area contributed by atoms with Crippen molar-refractivity contribution >= 4 is 12.9 Å². The van der Waals surface area contributed by atoms with Crippen LogP contribution in [0.15, 0.2) is 6.07 Å². The van der Waals surface area contributed by atoms with Gasteiger partial charge in [-0.1, -0.05) is 0 Å². The van der Waals surface area contributed by atoms with Crippen molar-refractivity contribution in [3.05, 3.63) is 58.4 Å². The largest absolute Gasteiger partial charge is 0.405 e. The SMILES string of the molecule is Fc1cc(F)c(OO[B]c2c(F)c(F)c(F)c(F)c2F)c(F)c1F. The van der Waals surface area contributed by atoms with Crippen molar-refractivity contribution in [1.29, 1.82) is 0 Å². The summed E-state index contributed by atoms with van der Waals surface area (Å²) in [6, 6.07) is -0.129. The zero-order valence-corrected chi connectivity index (χ0v) is 10.9. The minimum absolute atomic E-state index is 0.129. The van der Waals surface area contributed by atoms with Gasteiger partial charge in [0.05, 0.1) is 0 Å². The molecular weight excluding hydrogens is 358 g/mol. The summed E-state index contributed by atoms with van der Waals surface area (Å²) in [5, 5.41) is 0. The molecule has 0 heterocycles. The molecule has 2 aromatic rings. The molecule has 0 spiro atoms. The van der Waals surface area contributed by atoms with Crippen LogP contribution in [0.4, 0.5) is 39.5 Å². The monoisotopic (exact) mass is 359 g/mol. The van der Waals surface area contributed by atoms with Crippen LogP contribution in [0.5, 0.6) is 5.75 Å². The van der Waals surface area contributed by atoms with Crippen LogP contribution in [0.25, 0.3) is 0 Å². The van der Waals surface area contributed by atoms with Gasteiger partial charge in [-0.25, -0.2) is 35.1 Å². The van der Waals surface area contributed by atoms with E-state index in [1.807, 2.05) is 0 Å². The average molecular weight is 359 g/mol. The summed E-state index contributed by atoms with van der Waals surface area (Å²) in [4.78, 5) is 7.69. The smallest absolute Gasteiger partial charge is 0.348 e. The van der Waals surface area contributed by atoms with Crippen molar-refractivity contribution < 1.29 is 49.2 Å². The van der Waals surface area contributed by atoms with E-state index in [1.165, 1.54) is 0 Å². The Kier molecular flexibility index (Phi) is 4.97. The maximum atomic E-state index is 13.3. The quantitative estimate of drug-likeness (QED) is 0.209. The Balaban J connectivity index is 2.24. The summed E-state index contributed by atoms with van der Waals surface area (Å²) in [5.74, 6) is -21.4. The van der Waals surface area contributed by atoms with Crippen molar-refractivity contribution in [3.63, 3.8) is 0 Å². The lowest BCUT2D eigenvalue weighted by molar-refractivity contribution is -0.104. The number of halogens is 9. The minimum atomic E-state index is -2.44. The van der Waals surface area contributed by atoms with E-state index in [0.717, 1.165) is 0 Å². The second-order valence-electron chi connectivity index (χ2n) is 4.08. The normalized spacial score (nSPS) is 10.9. The van der Waals surface area contributed by atoms with E-state index in [-0.39, 0.29) is 13.5 Å². The van der Waals surface area contributed by atoms with Crippen LogP contribution in [0, 0.1) is 52.4 Å². The topological polar surface area (TPSA) is 18.5 Å². The highest BCUT2D eigenvalue weighted by Crippen LogP contribution is 2.26. The summed E-state index contributed by atoms with van der Waals surface area (Å²) in [6.45, 7) is 0. The van der Waals surface area contributed by atoms with Crippen LogP contribution in [0.3, 0.4) is 0 Å². The van der Waals surface area contributed by atoms with Gasteiger partial charge in [-0.15, -0.1) is 0 Å². The molecule has 0 fully saturated rings. The van der Waals surface area contributed by atoms with Crippen LogP contribution in [-0.4, -0.2) is 7.48 Å². The lowest BCUT2D eigenvalue weighted by Gasteiger charge is -2.09. The number of hydrogen-bond acceptors (Lipinski definition) is 2. The summed E-state index contributed by atoms with van der Waals surface area (Å²) in [5.41, 5.74) is -1.63. The molecular formula is C12HBF9O2. The van der Waals surface area contributed by atoms with Gasteiger partial charge >= 0.3 is 7.48 Å². The first-order chi connectivity index (χ1) is 11.2. The molecule has 24 heavy (non-hydrogen) atoms. The standard InChI is InChI=1S/C12HBF9O2/c14-2-1-3(15)12(11(22)5(2)16)23-24-13-4-6(17)8(19)10(21)9(20)7(4)18/h1H. The summed E-state index contributed by atoms with van der Waals surface area (Å²) < 4.78 is 117. The van der Waals surface area contributed by atoms with E-state index >= 15 is 0 Å². The molecule has 0 aliphatic carbocycles. The van der Waals surface area contributed by atoms with Crippen molar-refractivity contribution in [3.8, 4) is 5.75 Å². The van der Waals surface area contributed by atoms with Gasteiger partial charge in [-0.2, -0.15) is 4.39 Å². The summed E-state index contributed by atoms with van der Waals surface area (Å²) >= 11 is 0. The molecule has 0 aliphatic heterocycles. The molecule has 1 radical (unpaired) electrons. The summed E-state index contributed by atoms with van der Waals surface area (Å²) in [6.07, 6.45) is 0. The van der Waals surface area contributed by atoms with Crippen molar-refractivity contribution in [2.24, 2.45) is 0 Å². The van der Waals surface area contributed by atoms with Gasteiger partial charge < -0.3 is 4.89 Å². The zero-order valence-electron chi connectivity index (χ0n) is 10.9. The third kappa shape index (κ3) is 3.00. The van der Waals surface area contributed by atoms with Gasteiger partial charge in [-0.3, -0.25) is 4.81 Å². The Morgan fingerprint density at radius 2 is 1.08 bits per heavy atom. The number of benzene rings is 2. The molecule has 12 heteroatoms. The van der Waals surface area contributed by atoms with Crippen LogP contribution >= 0.6 is 0 Å². The molecule has 0 bridgehead atoms. The fourth-order valence-corrected chi connectivity index (χ4v) is 1.47.